The van der Waals surface area contributed by atoms with Gasteiger partial charge in [0.05, 0.1) is 12.1 Å². The summed E-state index contributed by atoms with van der Waals surface area (Å²) in [4.78, 5) is 49.6. The number of aromatic hydroxyl groups is 1. The minimum absolute atomic E-state index is 0.0530. The van der Waals surface area contributed by atoms with Crippen LogP contribution in [0.25, 0.3) is 0 Å². The Hall–Kier alpha value is -4.29. The van der Waals surface area contributed by atoms with Gasteiger partial charge in [0.25, 0.3) is 11.5 Å². The molecule has 2 amide bonds. The van der Waals surface area contributed by atoms with E-state index in [4.69, 9.17) is 11.6 Å². The van der Waals surface area contributed by atoms with Crippen LogP contribution < -0.4 is 21.9 Å². The third-order valence-electron chi connectivity index (χ3n) is 5.44. The molecule has 186 valence electrons. The van der Waals surface area contributed by atoms with E-state index in [1.165, 1.54) is 32.3 Å². The molecule has 1 aromatic heterocycles. The van der Waals surface area contributed by atoms with E-state index in [2.05, 4.69) is 22.5 Å². The Labute approximate surface area is 212 Å². The second-order valence-electron chi connectivity index (χ2n) is 8.05. The molecule has 0 spiro atoms. The van der Waals surface area contributed by atoms with Gasteiger partial charge in [0.15, 0.2) is 0 Å². The maximum Gasteiger partial charge on any atom is 0.332 e. The Morgan fingerprint density at radius 2 is 1.81 bits per heavy atom. The van der Waals surface area contributed by atoms with E-state index in [-0.39, 0.29) is 35.1 Å². The molecule has 10 heteroatoms. The van der Waals surface area contributed by atoms with Crippen LogP contribution in [0.5, 0.6) is 5.75 Å². The van der Waals surface area contributed by atoms with Gasteiger partial charge in [-0.1, -0.05) is 53.3 Å². The van der Waals surface area contributed by atoms with E-state index >= 15 is 0 Å². The van der Waals surface area contributed by atoms with Gasteiger partial charge in [0, 0.05) is 26.1 Å². The summed E-state index contributed by atoms with van der Waals surface area (Å²) in [5, 5.41) is 14.6. The highest BCUT2D eigenvalue weighted by Gasteiger charge is 2.18. The molecule has 0 unspecified atom stereocenters. The average molecular weight is 509 g/mol. The molecule has 0 aliphatic rings. The molecule has 0 radical (unpaired) electrons. The molecule has 3 N–H and O–H groups in total. The maximum atomic E-state index is 12.6. The summed E-state index contributed by atoms with van der Waals surface area (Å²) < 4.78 is 1.90. The minimum atomic E-state index is -0.730. The standard InChI is InChI=1S/C26H25ClN4O5/c1-16-6-8-17(9-7-16)11-13-21(33)29-22-23(27)31(26(36)30(3)25(22)35)14-4-5-18-10-12-20(32)19(15-18)24(34)28-2/h6-10,12,15,32H,11,13-14H2,1-3H3,(H,28,34)(H,29,33). The van der Waals surface area contributed by atoms with Crippen LogP contribution in [-0.2, 0) is 24.8 Å². The summed E-state index contributed by atoms with van der Waals surface area (Å²) in [7, 11) is 2.72. The minimum Gasteiger partial charge on any atom is -0.507 e. The molecule has 3 aromatic rings. The van der Waals surface area contributed by atoms with Gasteiger partial charge < -0.3 is 15.7 Å². The highest BCUT2D eigenvalue weighted by molar-refractivity contribution is 6.32. The lowest BCUT2D eigenvalue weighted by molar-refractivity contribution is -0.116. The number of carbonyl (C=O) groups excluding carboxylic acids is 2. The van der Waals surface area contributed by atoms with Crippen molar-refractivity contribution in [2.24, 2.45) is 7.05 Å². The number of hydrogen-bond acceptors (Lipinski definition) is 5. The van der Waals surface area contributed by atoms with Crippen LogP contribution in [0.2, 0.25) is 5.15 Å². The van der Waals surface area contributed by atoms with Gasteiger partial charge in [0.1, 0.15) is 16.6 Å². The van der Waals surface area contributed by atoms with Crippen molar-refractivity contribution >= 4 is 29.1 Å². The lowest BCUT2D eigenvalue weighted by Crippen LogP contribution is -2.40. The van der Waals surface area contributed by atoms with Crippen molar-refractivity contribution in [1.29, 1.82) is 0 Å². The van der Waals surface area contributed by atoms with E-state index in [1.807, 2.05) is 31.2 Å². The normalized spacial score (nSPS) is 10.3. The second-order valence-corrected chi connectivity index (χ2v) is 8.40. The molecule has 36 heavy (non-hydrogen) atoms. The molecular formula is C26H25ClN4O5. The summed E-state index contributed by atoms with van der Waals surface area (Å²) in [5.41, 5.74) is 0.925. The number of hydrogen-bond donors (Lipinski definition) is 3. The smallest absolute Gasteiger partial charge is 0.332 e. The predicted molar refractivity (Wildman–Crippen MR) is 137 cm³/mol. The maximum absolute atomic E-state index is 12.6. The van der Waals surface area contributed by atoms with Crippen LogP contribution >= 0.6 is 11.6 Å². The summed E-state index contributed by atoms with van der Waals surface area (Å²) in [6, 6.07) is 12.0. The van der Waals surface area contributed by atoms with Crippen molar-refractivity contribution in [3.8, 4) is 17.6 Å². The highest BCUT2D eigenvalue weighted by atomic mass is 35.5. The number of amides is 2. The molecule has 0 fully saturated rings. The number of carbonyl (C=O) groups is 2. The van der Waals surface area contributed by atoms with Crippen LogP contribution in [0.15, 0.2) is 52.1 Å². The highest BCUT2D eigenvalue weighted by Crippen LogP contribution is 2.18. The van der Waals surface area contributed by atoms with Crippen molar-refractivity contribution < 1.29 is 14.7 Å². The number of aromatic nitrogens is 2. The van der Waals surface area contributed by atoms with Crippen LogP contribution in [-0.4, -0.2) is 33.1 Å². The number of phenols is 1. The molecule has 9 nitrogen and oxygen atoms in total. The number of halogens is 1. The van der Waals surface area contributed by atoms with E-state index in [0.717, 1.165) is 20.3 Å². The largest absolute Gasteiger partial charge is 0.507 e. The third-order valence-corrected chi connectivity index (χ3v) is 5.84. The Bertz CT molecular complexity index is 1490. The molecular weight excluding hydrogens is 484 g/mol. The van der Waals surface area contributed by atoms with Crippen molar-refractivity contribution in [1.82, 2.24) is 14.5 Å². The number of phenolic OH excluding ortho intramolecular Hbond substituents is 1. The monoisotopic (exact) mass is 508 g/mol. The number of anilines is 1. The first kappa shape index (κ1) is 26.3. The van der Waals surface area contributed by atoms with Crippen molar-refractivity contribution in [3.63, 3.8) is 0 Å². The fourth-order valence-electron chi connectivity index (χ4n) is 3.35. The number of aryl methyl sites for hydroxylation is 2. The first-order valence-corrected chi connectivity index (χ1v) is 11.4. The third kappa shape index (κ3) is 6.03. The van der Waals surface area contributed by atoms with E-state index < -0.39 is 23.1 Å². The number of benzene rings is 2. The van der Waals surface area contributed by atoms with Crippen molar-refractivity contribution in [3.05, 3.63) is 90.7 Å². The zero-order chi connectivity index (χ0) is 26.4. The summed E-state index contributed by atoms with van der Waals surface area (Å²) in [6.45, 7) is 1.79. The summed E-state index contributed by atoms with van der Waals surface area (Å²) in [5.74, 6) is 4.48. The fraction of sp³-hybridized carbons (Fsp3) is 0.231. The van der Waals surface area contributed by atoms with Gasteiger partial charge in [0.2, 0.25) is 5.91 Å². The van der Waals surface area contributed by atoms with Gasteiger partial charge >= 0.3 is 5.69 Å². The van der Waals surface area contributed by atoms with Gasteiger partial charge in [-0.15, -0.1) is 0 Å². The van der Waals surface area contributed by atoms with Gasteiger partial charge in [-0.25, -0.2) is 4.79 Å². The summed E-state index contributed by atoms with van der Waals surface area (Å²) >= 11 is 6.34. The molecule has 0 aliphatic heterocycles. The van der Waals surface area contributed by atoms with Gasteiger partial charge in [-0.2, -0.15) is 0 Å². The van der Waals surface area contributed by atoms with Crippen LogP contribution in [0, 0.1) is 18.8 Å². The Balaban J connectivity index is 1.82. The zero-order valence-electron chi connectivity index (χ0n) is 20.0. The van der Waals surface area contributed by atoms with E-state index in [1.54, 1.807) is 0 Å². The van der Waals surface area contributed by atoms with Crippen molar-refractivity contribution in [2.45, 2.75) is 26.3 Å². The Kier molecular flexibility index (Phi) is 8.35. The van der Waals surface area contributed by atoms with E-state index in [0.29, 0.717) is 12.0 Å². The average Bonchev–Trinajstić information content (AvgIpc) is 2.87. The first-order valence-electron chi connectivity index (χ1n) is 11.0. The molecule has 1 heterocycles. The Morgan fingerprint density at radius 3 is 2.47 bits per heavy atom. The molecule has 0 aliphatic carbocycles. The topological polar surface area (TPSA) is 122 Å². The fourth-order valence-corrected chi connectivity index (χ4v) is 3.61. The number of nitrogens with zero attached hydrogens (tertiary/aromatic N) is 2. The van der Waals surface area contributed by atoms with Gasteiger partial charge in [-0.05, 0) is 37.1 Å². The first-order chi connectivity index (χ1) is 17.1. The molecule has 3 rings (SSSR count). The lowest BCUT2D eigenvalue weighted by Gasteiger charge is -2.13. The SMILES string of the molecule is CNC(=O)c1cc(C#CCn2c(Cl)c(NC(=O)CCc3ccc(C)cc3)c(=O)n(C)c2=O)ccc1O. The van der Waals surface area contributed by atoms with Gasteiger partial charge in [-0.3, -0.25) is 23.5 Å². The molecule has 0 saturated carbocycles. The van der Waals surface area contributed by atoms with Crippen LogP contribution in [0.4, 0.5) is 5.69 Å². The number of rotatable bonds is 6. The van der Waals surface area contributed by atoms with Crippen LogP contribution in [0.1, 0.15) is 33.5 Å². The Morgan fingerprint density at radius 1 is 1.11 bits per heavy atom. The molecule has 0 bridgehead atoms. The van der Waals surface area contributed by atoms with E-state index in [9.17, 15) is 24.3 Å². The van der Waals surface area contributed by atoms with Crippen molar-refractivity contribution in [2.75, 3.05) is 12.4 Å². The lowest BCUT2D eigenvalue weighted by atomic mass is 10.1. The predicted octanol–water partition coefficient (Wildman–Crippen LogP) is 2.20. The summed E-state index contributed by atoms with van der Waals surface area (Å²) in [6.07, 6.45) is 0.593. The zero-order valence-corrected chi connectivity index (χ0v) is 20.8. The quantitative estimate of drug-likeness (QED) is 0.348. The molecule has 2 aromatic carbocycles. The van der Waals surface area contributed by atoms with Crippen LogP contribution in [0.3, 0.4) is 0 Å². The number of nitrogens with one attached hydrogen (secondary N) is 2. The molecule has 0 atom stereocenters. The second kappa shape index (κ2) is 11.4. The molecule has 0 saturated heterocycles.